The normalized spacial score (nSPS) is 18.4. The molecule has 0 aliphatic carbocycles. The minimum atomic E-state index is -1.03. The fraction of sp³-hybridized carbons (Fsp3) is 0.457. The van der Waals surface area contributed by atoms with Gasteiger partial charge in [-0.05, 0) is 61.7 Å². The number of methoxy groups -OCH3 is 2. The Morgan fingerprint density at radius 2 is 1.49 bits per heavy atom. The summed E-state index contributed by atoms with van der Waals surface area (Å²) in [4.78, 5) is 81.2. The predicted molar refractivity (Wildman–Crippen MR) is 239 cm³/mol. The number of nitrogens with one attached hydrogen (secondary N) is 3. The van der Waals surface area contributed by atoms with Gasteiger partial charge in [0.15, 0.2) is 11.5 Å². The zero-order chi connectivity index (χ0) is 46.0. The molecule has 65 heavy (non-hydrogen) atoms. The SMILES string of the molecule is CNC(=O)N1N=C(c2ccc(N3CCN(C(=O)CCOCCOCCOCCNc4cccc5c4C(=O)N([C@@H]4CCC(=O)NC4=O)C5=O)CC3)cc2)c2cc(OC)c(OC)cc2C[C@@H]1C. The molecule has 7 amide bonds. The van der Waals surface area contributed by atoms with Crippen molar-refractivity contribution in [2.45, 2.75) is 44.7 Å². The number of carbonyl (C=O) groups excluding carboxylic acids is 6. The molecule has 0 spiro atoms. The summed E-state index contributed by atoms with van der Waals surface area (Å²) in [5.74, 6) is -0.989. The van der Waals surface area contributed by atoms with Crippen LogP contribution in [0.15, 0.2) is 59.7 Å². The monoisotopic (exact) mass is 896 g/mol. The molecule has 4 aliphatic rings. The van der Waals surface area contributed by atoms with Crippen molar-refractivity contribution in [2.24, 2.45) is 5.10 Å². The zero-order valence-electron chi connectivity index (χ0n) is 37.2. The molecule has 0 unspecified atom stereocenters. The minimum absolute atomic E-state index is 0.0398. The number of hydrogen-bond donors (Lipinski definition) is 3. The molecule has 2 atom stereocenters. The fourth-order valence-corrected chi connectivity index (χ4v) is 8.37. The molecule has 19 nitrogen and oxygen atoms in total. The van der Waals surface area contributed by atoms with Crippen LogP contribution in [0.3, 0.4) is 0 Å². The van der Waals surface area contributed by atoms with E-state index < -0.39 is 29.7 Å². The first-order chi connectivity index (χ1) is 31.5. The minimum Gasteiger partial charge on any atom is -0.493 e. The molecule has 0 saturated carbocycles. The molecule has 0 bridgehead atoms. The van der Waals surface area contributed by atoms with Crippen LogP contribution in [0, 0.1) is 0 Å². The Labute approximate surface area is 377 Å². The first-order valence-corrected chi connectivity index (χ1v) is 21.8. The lowest BCUT2D eigenvalue weighted by atomic mass is 9.94. The first kappa shape index (κ1) is 46.4. The summed E-state index contributed by atoms with van der Waals surface area (Å²) in [5.41, 5.74) is 5.24. The van der Waals surface area contributed by atoms with Crippen molar-refractivity contribution in [1.29, 1.82) is 0 Å². The maximum Gasteiger partial charge on any atom is 0.337 e. The number of ether oxygens (including phenoxy) is 5. The van der Waals surface area contributed by atoms with Gasteiger partial charge in [-0.2, -0.15) is 5.10 Å². The summed E-state index contributed by atoms with van der Waals surface area (Å²) in [7, 11) is 4.78. The number of benzene rings is 3. The second kappa shape index (κ2) is 21.4. The standard InChI is InChI=1S/C46H56N8O11/c1-29-26-31-27-37(61-3)38(62-4)28-34(31)42(50-54(29)46(60)47-2)30-8-10-32(11-9-30)51-16-18-52(19-17-51)40(56)14-20-63-22-24-65-25-23-64-21-15-48-35-7-5-6-33-41(35)45(59)53(44(33)58)36-12-13-39(55)49-43(36)57/h5-11,27-29,36,48H,12-26H2,1-4H3,(H,47,60)(H,49,55,57)/t29-,36+/m0/s1. The predicted octanol–water partition coefficient (Wildman–Crippen LogP) is 2.64. The highest BCUT2D eigenvalue weighted by Crippen LogP contribution is 2.36. The highest BCUT2D eigenvalue weighted by molar-refractivity contribution is 6.25. The number of urea groups is 1. The molecule has 3 aromatic carbocycles. The number of anilines is 2. The molecule has 4 heterocycles. The van der Waals surface area contributed by atoms with Crippen LogP contribution in [0.5, 0.6) is 11.5 Å². The lowest BCUT2D eigenvalue weighted by Crippen LogP contribution is -2.54. The van der Waals surface area contributed by atoms with Crippen molar-refractivity contribution in [3.8, 4) is 11.5 Å². The van der Waals surface area contributed by atoms with E-state index in [2.05, 4.69) is 20.9 Å². The van der Waals surface area contributed by atoms with Gasteiger partial charge in [-0.25, -0.2) is 9.80 Å². The Hall–Kier alpha value is -6.57. The molecule has 19 heteroatoms. The average Bonchev–Trinajstić information content (AvgIpc) is 3.48. The highest BCUT2D eigenvalue weighted by Gasteiger charge is 2.45. The Morgan fingerprint density at radius 1 is 0.815 bits per heavy atom. The molecular formula is C46H56N8O11. The lowest BCUT2D eigenvalue weighted by molar-refractivity contribution is -0.136. The first-order valence-electron chi connectivity index (χ1n) is 21.8. The number of hydrazone groups is 1. The molecule has 2 fully saturated rings. The van der Waals surface area contributed by atoms with Crippen molar-refractivity contribution in [1.82, 2.24) is 25.4 Å². The number of hydrogen-bond acceptors (Lipinski definition) is 14. The van der Waals surface area contributed by atoms with Gasteiger partial charge in [0.2, 0.25) is 17.7 Å². The maximum absolute atomic E-state index is 13.3. The number of nitrogens with zero attached hydrogens (tertiary/aromatic N) is 5. The third kappa shape index (κ3) is 10.5. The molecule has 0 aromatic heterocycles. The van der Waals surface area contributed by atoms with Crippen LogP contribution >= 0.6 is 0 Å². The molecule has 2 saturated heterocycles. The summed E-state index contributed by atoms with van der Waals surface area (Å²) in [6.07, 6.45) is 0.992. The van der Waals surface area contributed by atoms with Crippen LogP contribution in [0.4, 0.5) is 16.2 Å². The molecule has 3 N–H and O–H groups in total. The smallest absolute Gasteiger partial charge is 0.337 e. The highest BCUT2D eigenvalue weighted by atomic mass is 16.5. The van der Waals surface area contributed by atoms with E-state index in [0.29, 0.717) is 95.1 Å². The van der Waals surface area contributed by atoms with Gasteiger partial charge in [-0.3, -0.25) is 34.2 Å². The topological polar surface area (TPSA) is 210 Å². The largest absolute Gasteiger partial charge is 0.493 e. The number of rotatable bonds is 18. The molecule has 0 radical (unpaired) electrons. The van der Waals surface area contributed by atoms with E-state index in [0.717, 1.165) is 27.3 Å². The Balaban J connectivity index is 0.777. The van der Waals surface area contributed by atoms with Crippen LogP contribution < -0.4 is 30.3 Å². The van der Waals surface area contributed by atoms with Gasteiger partial charge in [0.1, 0.15) is 6.04 Å². The molecule has 4 aliphatic heterocycles. The number of imide groups is 2. The Morgan fingerprint density at radius 3 is 2.17 bits per heavy atom. The van der Waals surface area contributed by atoms with Crippen LogP contribution in [-0.2, 0) is 35.0 Å². The second-order valence-electron chi connectivity index (χ2n) is 15.9. The molecule has 7 rings (SSSR count). The van der Waals surface area contributed by atoms with Crippen LogP contribution in [0.25, 0.3) is 0 Å². The van der Waals surface area contributed by atoms with E-state index in [1.54, 1.807) is 39.5 Å². The van der Waals surface area contributed by atoms with Crippen molar-refractivity contribution in [3.05, 3.63) is 82.4 Å². The number of amides is 7. The zero-order valence-corrected chi connectivity index (χ0v) is 37.2. The molecular weight excluding hydrogens is 841 g/mol. The maximum atomic E-state index is 13.3. The molecule has 346 valence electrons. The van der Waals surface area contributed by atoms with Crippen LogP contribution in [0.1, 0.15) is 63.6 Å². The fourth-order valence-electron chi connectivity index (χ4n) is 8.37. The second-order valence-corrected chi connectivity index (χ2v) is 15.9. The third-order valence-corrected chi connectivity index (χ3v) is 11.8. The van der Waals surface area contributed by atoms with Crippen molar-refractivity contribution < 1.29 is 52.5 Å². The van der Waals surface area contributed by atoms with Crippen LogP contribution in [-0.4, -0.2) is 162 Å². The summed E-state index contributed by atoms with van der Waals surface area (Å²) in [6.45, 7) is 6.81. The Bertz CT molecular complexity index is 2300. The van der Waals surface area contributed by atoms with Gasteiger partial charge in [0.05, 0.1) is 83.2 Å². The van der Waals surface area contributed by atoms with Crippen LogP contribution in [0.2, 0.25) is 0 Å². The van der Waals surface area contributed by atoms with E-state index in [-0.39, 0.29) is 55.0 Å². The van der Waals surface area contributed by atoms with E-state index in [1.165, 1.54) is 5.01 Å². The third-order valence-electron chi connectivity index (χ3n) is 11.8. The molecule has 3 aromatic rings. The number of piperidine rings is 1. The van der Waals surface area contributed by atoms with Crippen molar-refractivity contribution in [3.63, 3.8) is 0 Å². The van der Waals surface area contributed by atoms with E-state index >= 15 is 0 Å². The quantitative estimate of drug-likeness (QED) is 0.124. The lowest BCUT2D eigenvalue weighted by Gasteiger charge is -2.36. The van der Waals surface area contributed by atoms with Gasteiger partial charge in [0, 0.05) is 68.7 Å². The van der Waals surface area contributed by atoms with Gasteiger partial charge in [0.25, 0.3) is 11.8 Å². The summed E-state index contributed by atoms with van der Waals surface area (Å²) in [6, 6.07) is 15.3. The number of fused-ring (bicyclic) bond motifs is 2. The van der Waals surface area contributed by atoms with E-state index in [4.69, 9.17) is 28.8 Å². The summed E-state index contributed by atoms with van der Waals surface area (Å²) < 4.78 is 28.1. The summed E-state index contributed by atoms with van der Waals surface area (Å²) >= 11 is 0. The van der Waals surface area contributed by atoms with Gasteiger partial charge in [-0.1, -0.05) is 18.2 Å². The van der Waals surface area contributed by atoms with Gasteiger partial charge in [-0.15, -0.1) is 0 Å². The Kier molecular flexibility index (Phi) is 15.3. The van der Waals surface area contributed by atoms with E-state index in [1.807, 2.05) is 48.2 Å². The van der Waals surface area contributed by atoms with Gasteiger partial charge >= 0.3 is 6.03 Å². The summed E-state index contributed by atoms with van der Waals surface area (Å²) in [5, 5.41) is 14.4. The van der Waals surface area contributed by atoms with Crippen molar-refractivity contribution >= 4 is 52.7 Å². The van der Waals surface area contributed by atoms with Gasteiger partial charge < -0.3 is 44.1 Å². The number of carbonyl (C=O) groups is 6. The average molecular weight is 897 g/mol. The van der Waals surface area contributed by atoms with Crippen molar-refractivity contribution in [2.75, 3.05) is 104 Å². The number of piperazine rings is 1. The van der Waals surface area contributed by atoms with E-state index in [9.17, 15) is 28.8 Å².